The first kappa shape index (κ1) is 16.6. The molecule has 1 amide bonds. The monoisotopic (exact) mass is 348 g/mol. The molecule has 2 heterocycles. The Morgan fingerprint density at radius 3 is 2.92 bits per heavy atom. The Morgan fingerprint density at radius 2 is 2.21 bits per heavy atom. The SMILES string of the molecule is O=C(CCOCC1CC1)N(Cc1ccsc1)C1CC12CCNCC2. The number of amides is 1. The standard InChI is InChI=1S/C19H28N2O2S/c22-18(3-9-23-13-15-1-2-15)21(12-16-4-10-24-14-16)17-11-19(17)5-7-20-8-6-19/h4,10,14-15,17,20H,1-3,5-9,11-13H2. The van der Waals surface area contributed by atoms with Crippen LogP contribution in [-0.2, 0) is 16.1 Å². The second-order valence-electron chi connectivity index (χ2n) is 7.75. The van der Waals surface area contributed by atoms with Gasteiger partial charge in [-0.05, 0) is 78.9 Å². The Bertz CT molecular complexity index is 550. The molecule has 4 rings (SSSR count). The van der Waals surface area contributed by atoms with E-state index in [9.17, 15) is 4.79 Å². The lowest BCUT2D eigenvalue weighted by molar-refractivity contribution is -0.134. The summed E-state index contributed by atoms with van der Waals surface area (Å²) in [5, 5.41) is 7.72. The lowest BCUT2D eigenvalue weighted by Gasteiger charge is -2.29. The number of hydrogen-bond acceptors (Lipinski definition) is 4. The number of rotatable bonds is 8. The molecule has 4 nitrogen and oxygen atoms in total. The van der Waals surface area contributed by atoms with E-state index in [0.29, 0.717) is 24.5 Å². The summed E-state index contributed by atoms with van der Waals surface area (Å²) in [5.41, 5.74) is 1.66. The molecule has 3 aliphatic rings. The summed E-state index contributed by atoms with van der Waals surface area (Å²) in [6.07, 6.45) is 6.75. The van der Waals surface area contributed by atoms with Crippen LogP contribution in [-0.4, -0.2) is 43.2 Å². The minimum atomic E-state index is 0.275. The van der Waals surface area contributed by atoms with Crippen LogP contribution in [0.15, 0.2) is 16.8 Å². The van der Waals surface area contributed by atoms with Crippen LogP contribution < -0.4 is 5.32 Å². The Morgan fingerprint density at radius 1 is 1.38 bits per heavy atom. The van der Waals surface area contributed by atoms with E-state index in [1.807, 2.05) is 0 Å². The minimum absolute atomic E-state index is 0.275. The normalized spacial score (nSPS) is 24.9. The number of piperidine rings is 1. The first-order valence-corrected chi connectivity index (χ1v) is 10.3. The van der Waals surface area contributed by atoms with E-state index in [2.05, 4.69) is 27.0 Å². The number of nitrogens with one attached hydrogen (secondary N) is 1. The molecule has 0 bridgehead atoms. The zero-order valence-electron chi connectivity index (χ0n) is 14.3. The molecule has 24 heavy (non-hydrogen) atoms. The van der Waals surface area contributed by atoms with Crippen LogP contribution in [0.2, 0.25) is 0 Å². The molecule has 132 valence electrons. The van der Waals surface area contributed by atoms with E-state index in [4.69, 9.17) is 4.74 Å². The molecule has 1 saturated heterocycles. The van der Waals surface area contributed by atoms with Crippen molar-refractivity contribution in [2.24, 2.45) is 11.3 Å². The van der Waals surface area contributed by atoms with Gasteiger partial charge in [-0.15, -0.1) is 0 Å². The average molecular weight is 349 g/mol. The second-order valence-corrected chi connectivity index (χ2v) is 8.53. The number of ether oxygens (including phenoxy) is 1. The molecule has 0 radical (unpaired) electrons. The largest absolute Gasteiger partial charge is 0.381 e. The van der Waals surface area contributed by atoms with Gasteiger partial charge in [0.2, 0.25) is 5.91 Å². The average Bonchev–Trinajstić information content (AvgIpc) is 3.49. The second kappa shape index (κ2) is 7.14. The van der Waals surface area contributed by atoms with Gasteiger partial charge in [0.05, 0.1) is 13.0 Å². The van der Waals surface area contributed by atoms with Crippen LogP contribution in [0.1, 0.15) is 44.1 Å². The molecular weight excluding hydrogens is 320 g/mol. The third kappa shape index (κ3) is 3.84. The van der Waals surface area contributed by atoms with Gasteiger partial charge in [0, 0.05) is 19.2 Å². The first-order chi connectivity index (χ1) is 11.8. The van der Waals surface area contributed by atoms with Crippen molar-refractivity contribution in [2.75, 3.05) is 26.3 Å². The van der Waals surface area contributed by atoms with Crippen molar-refractivity contribution in [2.45, 2.75) is 51.1 Å². The van der Waals surface area contributed by atoms with Crippen LogP contribution in [0, 0.1) is 11.3 Å². The quantitative estimate of drug-likeness (QED) is 0.734. The van der Waals surface area contributed by atoms with E-state index in [0.717, 1.165) is 32.2 Å². The molecule has 1 aromatic rings. The number of nitrogens with zero attached hydrogens (tertiary/aromatic N) is 1. The van der Waals surface area contributed by atoms with Crippen molar-refractivity contribution in [1.29, 1.82) is 0 Å². The molecule has 2 saturated carbocycles. The highest BCUT2D eigenvalue weighted by Crippen LogP contribution is 2.56. The summed E-state index contributed by atoms with van der Waals surface area (Å²) < 4.78 is 5.70. The van der Waals surface area contributed by atoms with Crippen molar-refractivity contribution in [1.82, 2.24) is 10.2 Å². The Balaban J connectivity index is 1.35. The summed E-state index contributed by atoms with van der Waals surface area (Å²) in [4.78, 5) is 15.0. The summed E-state index contributed by atoms with van der Waals surface area (Å²) in [6, 6.07) is 2.59. The molecular formula is C19H28N2O2S. The molecule has 1 spiro atoms. The molecule has 5 heteroatoms. The Kier molecular flexibility index (Phi) is 4.93. The molecule has 1 N–H and O–H groups in total. The van der Waals surface area contributed by atoms with Gasteiger partial charge in [0.1, 0.15) is 0 Å². The summed E-state index contributed by atoms with van der Waals surface area (Å²) >= 11 is 1.71. The smallest absolute Gasteiger partial charge is 0.225 e. The van der Waals surface area contributed by atoms with Gasteiger partial charge in [0.25, 0.3) is 0 Å². The van der Waals surface area contributed by atoms with Gasteiger partial charge >= 0.3 is 0 Å². The van der Waals surface area contributed by atoms with Crippen LogP contribution in [0.3, 0.4) is 0 Å². The molecule has 1 unspecified atom stereocenters. The van der Waals surface area contributed by atoms with Gasteiger partial charge in [0.15, 0.2) is 0 Å². The van der Waals surface area contributed by atoms with E-state index in [1.54, 1.807) is 11.3 Å². The van der Waals surface area contributed by atoms with Crippen molar-refractivity contribution in [3.05, 3.63) is 22.4 Å². The highest BCUT2D eigenvalue weighted by Gasteiger charge is 2.57. The third-order valence-corrected chi connectivity index (χ3v) is 6.62. The zero-order valence-corrected chi connectivity index (χ0v) is 15.2. The first-order valence-electron chi connectivity index (χ1n) is 9.36. The third-order valence-electron chi connectivity index (χ3n) is 5.89. The van der Waals surface area contributed by atoms with Crippen LogP contribution in [0.4, 0.5) is 0 Å². The fourth-order valence-corrected chi connectivity index (χ4v) is 4.68. The van der Waals surface area contributed by atoms with Crippen molar-refractivity contribution in [3.8, 4) is 0 Å². The summed E-state index contributed by atoms with van der Waals surface area (Å²) in [5.74, 6) is 1.04. The Labute approximate surface area is 148 Å². The molecule has 1 aliphatic heterocycles. The number of hydrogen-bond donors (Lipinski definition) is 1. The maximum atomic E-state index is 12.9. The lowest BCUT2D eigenvalue weighted by atomic mass is 9.93. The molecule has 2 aliphatic carbocycles. The van der Waals surface area contributed by atoms with Gasteiger partial charge < -0.3 is 15.0 Å². The fraction of sp³-hybridized carbons (Fsp3) is 0.737. The lowest BCUT2D eigenvalue weighted by Crippen LogP contribution is -2.39. The van der Waals surface area contributed by atoms with Crippen LogP contribution in [0.25, 0.3) is 0 Å². The fourth-order valence-electron chi connectivity index (χ4n) is 4.02. The van der Waals surface area contributed by atoms with Gasteiger partial charge in [-0.1, -0.05) is 0 Å². The number of carbonyl (C=O) groups is 1. The Hall–Kier alpha value is -0.910. The highest BCUT2D eigenvalue weighted by atomic mass is 32.1. The molecule has 0 aromatic carbocycles. The van der Waals surface area contributed by atoms with E-state index < -0.39 is 0 Å². The van der Waals surface area contributed by atoms with E-state index in [-0.39, 0.29) is 5.91 Å². The molecule has 3 fully saturated rings. The molecule has 1 aromatic heterocycles. The van der Waals surface area contributed by atoms with Gasteiger partial charge in [-0.3, -0.25) is 4.79 Å². The van der Waals surface area contributed by atoms with Crippen molar-refractivity contribution in [3.63, 3.8) is 0 Å². The predicted octanol–water partition coefficient (Wildman–Crippen LogP) is 3.04. The van der Waals surface area contributed by atoms with Crippen LogP contribution >= 0.6 is 11.3 Å². The molecule has 1 atom stereocenters. The highest BCUT2D eigenvalue weighted by molar-refractivity contribution is 7.07. The van der Waals surface area contributed by atoms with Crippen molar-refractivity contribution >= 4 is 17.2 Å². The van der Waals surface area contributed by atoms with Crippen LogP contribution in [0.5, 0.6) is 0 Å². The minimum Gasteiger partial charge on any atom is -0.381 e. The number of carbonyl (C=O) groups excluding carboxylic acids is 1. The van der Waals surface area contributed by atoms with E-state index >= 15 is 0 Å². The number of thiophene rings is 1. The maximum Gasteiger partial charge on any atom is 0.225 e. The van der Waals surface area contributed by atoms with Gasteiger partial charge in [-0.2, -0.15) is 11.3 Å². The topological polar surface area (TPSA) is 41.6 Å². The summed E-state index contributed by atoms with van der Waals surface area (Å²) in [6.45, 7) is 4.39. The van der Waals surface area contributed by atoms with Crippen molar-refractivity contribution < 1.29 is 9.53 Å². The summed E-state index contributed by atoms with van der Waals surface area (Å²) in [7, 11) is 0. The maximum absolute atomic E-state index is 12.9. The van der Waals surface area contributed by atoms with Gasteiger partial charge in [-0.25, -0.2) is 0 Å². The predicted molar refractivity (Wildman–Crippen MR) is 96.0 cm³/mol. The van der Waals surface area contributed by atoms with E-state index in [1.165, 1.54) is 37.7 Å². The zero-order chi connectivity index (χ0) is 16.4.